The van der Waals surface area contributed by atoms with Crippen LogP contribution >= 0.6 is 0 Å². The lowest BCUT2D eigenvalue weighted by atomic mass is 9.75. The molecule has 4 N–H and O–H groups in total. The zero-order chi connectivity index (χ0) is 14.5. The van der Waals surface area contributed by atoms with Gasteiger partial charge in [-0.1, -0.05) is 0 Å². The van der Waals surface area contributed by atoms with Gasteiger partial charge in [0.25, 0.3) is 0 Å². The molecule has 1 rings (SSSR count). The number of carboxylic acids is 1. The quantitative estimate of drug-likeness (QED) is 0.506. The van der Waals surface area contributed by atoms with Crippen molar-refractivity contribution in [2.75, 3.05) is 27.2 Å². The van der Waals surface area contributed by atoms with Crippen LogP contribution in [0.5, 0.6) is 0 Å². The number of hydrogen-bond acceptors (Lipinski definition) is 4. The van der Waals surface area contributed by atoms with Crippen LogP contribution in [0.3, 0.4) is 0 Å². The van der Waals surface area contributed by atoms with Gasteiger partial charge in [-0.25, -0.2) is 9.59 Å². The predicted molar refractivity (Wildman–Crippen MR) is 69.9 cm³/mol. The molecule has 0 aliphatic heterocycles. The van der Waals surface area contributed by atoms with Crippen LogP contribution in [0.4, 0.5) is 4.79 Å². The van der Waals surface area contributed by atoms with Crippen LogP contribution in [-0.4, -0.2) is 65.9 Å². The second-order valence-corrected chi connectivity index (χ2v) is 5.20. The van der Waals surface area contributed by atoms with E-state index in [1.165, 1.54) is 0 Å². The first-order chi connectivity index (χ1) is 8.91. The van der Waals surface area contributed by atoms with Crippen LogP contribution < -0.4 is 10.6 Å². The summed E-state index contributed by atoms with van der Waals surface area (Å²) in [6, 6.07) is -1.56. The number of nitrogens with one attached hydrogen (secondary N) is 2. The molecule has 7 nitrogen and oxygen atoms in total. The average molecular weight is 273 g/mol. The highest BCUT2D eigenvalue weighted by atomic mass is 16.4. The van der Waals surface area contributed by atoms with Gasteiger partial charge < -0.3 is 25.7 Å². The van der Waals surface area contributed by atoms with Gasteiger partial charge in [-0.3, -0.25) is 0 Å². The van der Waals surface area contributed by atoms with Gasteiger partial charge in [0.2, 0.25) is 0 Å². The Labute approximate surface area is 113 Å². The van der Waals surface area contributed by atoms with Crippen molar-refractivity contribution >= 4 is 12.0 Å². The third kappa shape index (κ3) is 4.07. The highest BCUT2D eigenvalue weighted by molar-refractivity contribution is 5.82. The summed E-state index contributed by atoms with van der Waals surface area (Å²) in [5, 5.41) is 22.7. The Bertz CT molecular complexity index is 329. The molecule has 0 bridgehead atoms. The van der Waals surface area contributed by atoms with Crippen LogP contribution in [0.1, 0.15) is 25.7 Å². The maximum absolute atomic E-state index is 11.7. The van der Waals surface area contributed by atoms with Crippen molar-refractivity contribution in [2.45, 2.75) is 37.3 Å². The summed E-state index contributed by atoms with van der Waals surface area (Å²) in [6.45, 7) is 0.218. The molecule has 1 aliphatic rings. The normalized spacial score (nSPS) is 18.5. The lowest BCUT2D eigenvalue weighted by Gasteiger charge is -2.47. The second kappa shape index (κ2) is 6.72. The number of rotatable bonds is 7. The Morgan fingerprint density at radius 2 is 2.00 bits per heavy atom. The number of carbonyl (C=O) groups excluding carboxylic acids is 1. The van der Waals surface area contributed by atoms with Gasteiger partial charge in [0.05, 0.1) is 0 Å². The first-order valence-corrected chi connectivity index (χ1v) is 6.47. The Morgan fingerprint density at radius 1 is 1.37 bits per heavy atom. The van der Waals surface area contributed by atoms with Crippen molar-refractivity contribution in [1.82, 2.24) is 15.5 Å². The van der Waals surface area contributed by atoms with E-state index >= 15 is 0 Å². The SMILES string of the molecule is CN(C)C1(CNC(=O)NC(CCO)C(=O)O)CCC1. The number of likely N-dealkylation sites (N-methyl/N-ethyl adjacent to an activating group) is 1. The van der Waals surface area contributed by atoms with Crippen LogP contribution in [0, 0.1) is 0 Å². The molecule has 0 aromatic carbocycles. The number of urea groups is 1. The molecular weight excluding hydrogens is 250 g/mol. The Morgan fingerprint density at radius 3 is 2.37 bits per heavy atom. The maximum atomic E-state index is 11.7. The van der Waals surface area contributed by atoms with Crippen molar-refractivity contribution in [3.63, 3.8) is 0 Å². The third-order valence-electron chi connectivity index (χ3n) is 3.83. The number of aliphatic hydroxyl groups excluding tert-OH is 1. The lowest BCUT2D eigenvalue weighted by Crippen LogP contribution is -2.59. The van der Waals surface area contributed by atoms with E-state index in [4.69, 9.17) is 10.2 Å². The van der Waals surface area contributed by atoms with Gasteiger partial charge in [-0.05, 0) is 33.4 Å². The van der Waals surface area contributed by atoms with Crippen molar-refractivity contribution in [2.24, 2.45) is 0 Å². The van der Waals surface area contributed by atoms with E-state index < -0.39 is 18.0 Å². The molecule has 0 saturated heterocycles. The molecule has 1 unspecified atom stereocenters. The Kier molecular flexibility index (Phi) is 5.56. The summed E-state index contributed by atoms with van der Waals surface area (Å²) in [5.41, 5.74) is -0.00691. The highest BCUT2D eigenvalue weighted by Gasteiger charge is 2.39. The fourth-order valence-electron chi connectivity index (χ4n) is 2.21. The average Bonchev–Trinajstić information content (AvgIpc) is 2.26. The molecule has 1 fully saturated rings. The maximum Gasteiger partial charge on any atom is 0.326 e. The van der Waals surface area contributed by atoms with E-state index in [-0.39, 0.29) is 18.6 Å². The van der Waals surface area contributed by atoms with Crippen LogP contribution in [0.2, 0.25) is 0 Å². The van der Waals surface area contributed by atoms with Crippen LogP contribution in [0.15, 0.2) is 0 Å². The summed E-state index contributed by atoms with van der Waals surface area (Å²) in [4.78, 5) is 24.6. The Balaban J connectivity index is 2.40. The highest BCUT2D eigenvalue weighted by Crippen LogP contribution is 2.35. The number of amides is 2. The molecule has 7 heteroatoms. The van der Waals surface area contributed by atoms with Gasteiger partial charge in [0, 0.05) is 25.1 Å². The Hall–Kier alpha value is -1.34. The number of hydrogen-bond donors (Lipinski definition) is 4. The third-order valence-corrected chi connectivity index (χ3v) is 3.83. The van der Waals surface area contributed by atoms with Crippen molar-refractivity contribution in [1.29, 1.82) is 0 Å². The summed E-state index contributed by atoms with van der Waals surface area (Å²) < 4.78 is 0. The first kappa shape index (κ1) is 15.7. The van der Waals surface area contributed by atoms with Gasteiger partial charge in [0.15, 0.2) is 0 Å². The molecule has 0 radical (unpaired) electrons. The van der Waals surface area contributed by atoms with E-state index in [1.54, 1.807) is 0 Å². The summed E-state index contributed by atoms with van der Waals surface area (Å²) >= 11 is 0. The van der Waals surface area contributed by atoms with Gasteiger partial charge in [-0.15, -0.1) is 0 Å². The molecule has 19 heavy (non-hydrogen) atoms. The zero-order valence-corrected chi connectivity index (χ0v) is 11.5. The van der Waals surface area contributed by atoms with E-state index in [2.05, 4.69) is 15.5 Å². The zero-order valence-electron chi connectivity index (χ0n) is 11.5. The summed E-state index contributed by atoms with van der Waals surface area (Å²) in [5.74, 6) is -1.14. The lowest BCUT2D eigenvalue weighted by molar-refractivity contribution is -0.139. The molecule has 2 amide bonds. The molecule has 110 valence electrons. The van der Waals surface area contributed by atoms with E-state index in [0.29, 0.717) is 6.54 Å². The number of aliphatic hydroxyl groups is 1. The van der Waals surface area contributed by atoms with Gasteiger partial charge in [0.1, 0.15) is 6.04 Å². The van der Waals surface area contributed by atoms with E-state index in [1.807, 2.05) is 14.1 Å². The fraction of sp³-hybridized carbons (Fsp3) is 0.833. The monoisotopic (exact) mass is 273 g/mol. The van der Waals surface area contributed by atoms with Crippen molar-refractivity contribution in [3.8, 4) is 0 Å². The molecule has 0 aromatic heterocycles. The van der Waals surface area contributed by atoms with E-state index in [0.717, 1.165) is 19.3 Å². The fourth-order valence-corrected chi connectivity index (χ4v) is 2.21. The standard InChI is InChI=1S/C12H23N3O4/c1-15(2)12(5-3-6-12)8-13-11(19)14-9(4-7-16)10(17)18/h9,16H,3-8H2,1-2H3,(H,17,18)(H2,13,14,19). The number of carbonyl (C=O) groups is 2. The molecule has 1 aliphatic carbocycles. The van der Waals surface area contributed by atoms with Gasteiger partial charge in [-0.2, -0.15) is 0 Å². The second-order valence-electron chi connectivity index (χ2n) is 5.20. The van der Waals surface area contributed by atoms with Crippen LogP contribution in [-0.2, 0) is 4.79 Å². The molecule has 0 heterocycles. The molecule has 1 saturated carbocycles. The summed E-state index contributed by atoms with van der Waals surface area (Å²) in [7, 11) is 3.95. The number of carboxylic acid groups (broad SMARTS) is 1. The summed E-state index contributed by atoms with van der Waals surface area (Å²) in [6.07, 6.45) is 3.20. The minimum atomic E-state index is -1.14. The molecule has 0 spiro atoms. The molecular formula is C12H23N3O4. The van der Waals surface area contributed by atoms with Crippen molar-refractivity contribution < 1.29 is 19.8 Å². The number of aliphatic carboxylic acids is 1. The minimum Gasteiger partial charge on any atom is -0.480 e. The molecule has 0 aromatic rings. The smallest absolute Gasteiger partial charge is 0.326 e. The molecule has 1 atom stereocenters. The minimum absolute atomic E-state index is 0.00156. The van der Waals surface area contributed by atoms with Gasteiger partial charge >= 0.3 is 12.0 Å². The topological polar surface area (TPSA) is 102 Å². The largest absolute Gasteiger partial charge is 0.480 e. The van der Waals surface area contributed by atoms with Crippen molar-refractivity contribution in [3.05, 3.63) is 0 Å². The predicted octanol–water partition coefficient (Wildman–Crippen LogP) is -0.394. The number of nitrogens with zero attached hydrogens (tertiary/aromatic N) is 1. The first-order valence-electron chi connectivity index (χ1n) is 6.47. The van der Waals surface area contributed by atoms with Crippen LogP contribution in [0.25, 0.3) is 0 Å². The van der Waals surface area contributed by atoms with E-state index in [9.17, 15) is 9.59 Å².